The van der Waals surface area contributed by atoms with E-state index >= 15 is 0 Å². The van der Waals surface area contributed by atoms with Gasteiger partial charge in [-0.05, 0) is 25.1 Å². The smallest absolute Gasteiger partial charge is 0.226 e. The molecule has 6 nitrogen and oxygen atoms in total. The molecule has 0 saturated carbocycles. The van der Waals surface area contributed by atoms with Crippen molar-refractivity contribution in [3.63, 3.8) is 0 Å². The maximum absolute atomic E-state index is 12.3. The summed E-state index contributed by atoms with van der Waals surface area (Å²) >= 11 is 0. The molecule has 2 aromatic rings. The molecule has 0 spiro atoms. The second-order valence-corrected chi connectivity index (χ2v) is 6.07. The second-order valence-electron chi connectivity index (χ2n) is 4.15. The molecule has 0 aliphatic carbocycles. The summed E-state index contributed by atoms with van der Waals surface area (Å²) in [4.78, 5) is 7.42. The van der Waals surface area contributed by atoms with Crippen molar-refractivity contribution < 1.29 is 8.42 Å². The van der Waals surface area contributed by atoms with Crippen LogP contribution in [-0.2, 0) is 9.84 Å². The molecule has 0 unspecified atom stereocenters. The largest absolute Gasteiger partial charge is 0.329 e. The van der Waals surface area contributed by atoms with Crippen LogP contribution in [0.15, 0.2) is 58.7 Å². The van der Waals surface area contributed by atoms with E-state index in [1.165, 1.54) is 24.5 Å². The van der Waals surface area contributed by atoms with Gasteiger partial charge in [-0.2, -0.15) is 5.26 Å². The quantitative estimate of drug-likeness (QED) is 0.868. The molecule has 0 radical (unpaired) electrons. The van der Waals surface area contributed by atoms with Crippen LogP contribution in [0, 0.1) is 18.3 Å². The summed E-state index contributed by atoms with van der Waals surface area (Å²) < 4.78 is 24.6. The lowest BCUT2D eigenvalue weighted by atomic mass is 10.2. The van der Waals surface area contributed by atoms with Gasteiger partial charge in [0.2, 0.25) is 15.8 Å². The maximum Gasteiger partial charge on any atom is 0.226 e. The molecule has 2 rings (SSSR count). The Morgan fingerprint density at radius 2 is 1.86 bits per heavy atom. The molecule has 1 N–H and O–H groups in total. The average molecular weight is 300 g/mol. The van der Waals surface area contributed by atoms with Gasteiger partial charge in [-0.25, -0.2) is 18.4 Å². The highest BCUT2D eigenvalue weighted by atomic mass is 32.2. The van der Waals surface area contributed by atoms with Gasteiger partial charge in [0, 0.05) is 18.6 Å². The lowest BCUT2D eigenvalue weighted by Gasteiger charge is -2.04. The standard InChI is InChI=1S/C14H12N4O2S/c1-11-3-5-12(6-4-11)21(19,20)13(9-15)10-18-14-16-7-2-8-17-14/h2-8,10H,1H3,(H,16,17,18)/b13-10-. The Bertz CT molecular complexity index is 791. The number of rotatable bonds is 4. The van der Waals surface area contributed by atoms with E-state index in [0.717, 1.165) is 11.8 Å². The third kappa shape index (κ3) is 3.43. The predicted molar refractivity (Wildman–Crippen MR) is 77.7 cm³/mol. The number of sulfone groups is 1. The SMILES string of the molecule is Cc1ccc(S(=O)(=O)/C(C#N)=C\Nc2ncccn2)cc1. The van der Waals surface area contributed by atoms with Crippen molar-refractivity contribution in [1.29, 1.82) is 5.26 Å². The number of benzene rings is 1. The first kappa shape index (κ1) is 14.7. The van der Waals surface area contributed by atoms with E-state index in [4.69, 9.17) is 5.26 Å². The normalized spacial score (nSPS) is 11.7. The first-order valence-corrected chi connectivity index (χ1v) is 7.48. The molecule has 0 amide bonds. The van der Waals surface area contributed by atoms with Gasteiger partial charge in [-0.1, -0.05) is 17.7 Å². The number of hydrogen-bond donors (Lipinski definition) is 1. The summed E-state index contributed by atoms with van der Waals surface area (Å²) in [5, 5.41) is 11.7. The van der Waals surface area contributed by atoms with Crippen LogP contribution in [0.5, 0.6) is 0 Å². The lowest BCUT2D eigenvalue weighted by Crippen LogP contribution is -2.06. The van der Waals surface area contributed by atoms with Gasteiger partial charge in [-0.15, -0.1) is 0 Å². The Morgan fingerprint density at radius 1 is 1.24 bits per heavy atom. The third-order valence-corrected chi connectivity index (χ3v) is 4.31. The van der Waals surface area contributed by atoms with Crippen molar-refractivity contribution >= 4 is 15.8 Å². The van der Waals surface area contributed by atoms with Crippen LogP contribution < -0.4 is 5.32 Å². The van der Waals surface area contributed by atoms with Gasteiger partial charge < -0.3 is 5.32 Å². The molecule has 0 atom stereocenters. The van der Waals surface area contributed by atoms with Crippen molar-refractivity contribution in [2.45, 2.75) is 11.8 Å². The molecule has 1 aromatic heterocycles. The zero-order chi connectivity index (χ0) is 15.3. The number of allylic oxidation sites excluding steroid dienone is 1. The first-order chi connectivity index (χ1) is 10.0. The summed E-state index contributed by atoms with van der Waals surface area (Å²) in [6.45, 7) is 1.85. The van der Waals surface area contributed by atoms with Crippen LogP contribution in [0.4, 0.5) is 5.95 Å². The van der Waals surface area contributed by atoms with Gasteiger partial charge in [0.1, 0.15) is 6.07 Å². The van der Waals surface area contributed by atoms with Gasteiger partial charge in [-0.3, -0.25) is 0 Å². The third-order valence-electron chi connectivity index (χ3n) is 2.63. The predicted octanol–water partition coefficient (Wildman–Crippen LogP) is 2.04. The Morgan fingerprint density at radius 3 is 2.43 bits per heavy atom. The summed E-state index contributed by atoms with van der Waals surface area (Å²) in [6, 6.07) is 9.60. The highest BCUT2D eigenvalue weighted by Gasteiger charge is 2.20. The van der Waals surface area contributed by atoms with Crippen molar-refractivity contribution in [1.82, 2.24) is 9.97 Å². The van der Waals surface area contributed by atoms with Crippen LogP contribution in [-0.4, -0.2) is 18.4 Å². The number of nitrogens with one attached hydrogen (secondary N) is 1. The van der Waals surface area contributed by atoms with E-state index in [-0.39, 0.29) is 10.8 Å². The molecular weight excluding hydrogens is 288 g/mol. The van der Waals surface area contributed by atoms with Gasteiger partial charge in [0.25, 0.3) is 0 Å². The summed E-state index contributed by atoms with van der Waals surface area (Å²) in [7, 11) is -3.86. The zero-order valence-electron chi connectivity index (χ0n) is 11.2. The molecule has 0 fully saturated rings. The van der Waals surface area contributed by atoms with Crippen molar-refractivity contribution in [2.75, 3.05) is 5.32 Å². The monoisotopic (exact) mass is 300 g/mol. The number of nitriles is 1. The fourth-order valence-electron chi connectivity index (χ4n) is 1.52. The minimum absolute atomic E-state index is 0.0664. The minimum atomic E-state index is -3.86. The first-order valence-electron chi connectivity index (χ1n) is 5.99. The molecule has 1 heterocycles. The minimum Gasteiger partial charge on any atom is -0.329 e. The average Bonchev–Trinajstić information content (AvgIpc) is 2.49. The topological polar surface area (TPSA) is 95.7 Å². The van der Waals surface area contributed by atoms with Crippen LogP contribution in [0.25, 0.3) is 0 Å². The highest BCUT2D eigenvalue weighted by Crippen LogP contribution is 2.19. The maximum atomic E-state index is 12.3. The summed E-state index contributed by atoms with van der Waals surface area (Å²) in [5.74, 6) is 0.212. The molecular formula is C14H12N4O2S. The number of nitrogens with zero attached hydrogens (tertiary/aromatic N) is 3. The molecule has 106 valence electrons. The number of aromatic nitrogens is 2. The van der Waals surface area contributed by atoms with Crippen LogP contribution in [0.1, 0.15) is 5.56 Å². The number of aryl methyl sites for hydroxylation is 1. The number of hydrogen-bond acceptors (Lipinski definition) is 6. The van der Waals surface area contributed by atoms with E-state index < -0.39 is 14.7 Å². The highest BCUT2D eigenvalue weighted by molar-refractivity contribution is 7.95. The van der Waals surface area contributed by atoms with E-state index in [0.29, 0.717) is 0 Å². The second kappa shape index (κ2) is 6.15. The van der Waals surface area contributed by atoms with Crippen molar-refractivity contribution in [3.8, 4) is 6.07 Å². The fraction of sp³-hybridized carbons (Fsp3) is 0.0714. The van der Waals surface area contributed by atoms with Gasteiger partial charge in [0.15, 0.2) is 4.91 Å². The van der Waals surface area contributed by atoms with Crippen LogP contribution >= 0.6 is 0 Å². The van der Waals surface area contributed by atoms with Crippen LogP contribution in [0.3, 0.4) is 0 Å². The van der Waals surface area contributed by atoms with E-state index in [2.05, 4.69) is 15.3 Å². The van der Waals surface area contributed by atoms with Crippen molar-refractivity contribution in [3.05, 3.63) is 59.4 Å². The van der Waals surface area contributed by atoms with E-state index in [9.17, 15) is 8.42 Å². The molecule has 1 aromatic carbocycles. The summed E-state index contributed by atoms with van der Waals surface area (Å²) in [5.41, 5.74) is 0.937. The molecule has 0 bridgehead atoms. The fourth-order valence-corrected chi connectivity index (χ4v) is 2.60. The molecule has 0 saturated heterocycles. The van der Waals surface area contributed by atoms with Crippen LogP contribution in [0.2, 0.25) is 0 Å². The molecule has 0 aliphatic rings. The Kier molecular flexibility index (Phi) is 4.30. The van der Waals surface area contributed by atoms with E-state index in [1.54, 1.807) is 24.3 Å². The Labute approximate surface area is 122 Å². The molecule has 0 aliphatic heterocycles. The Hall–Kier alpha value is -2.72. The van der Waals surface area contributed by atoms with Gasteiger partial charge >= 0.3 is 0 Å². The lowest BCUT2D eigenvalue weighted by molar-refractivity contribution is 0.603. The van der Waals surface area contributed by atoms with Gasteiger partial charge in [0.05, 0.1) is 4.90 Å². The van der Waals surface area contributed by atoms with Crippen molar-refractivity contribution in [2.24, 2.45) is 0 Å². The molecule has 7 heteroatoms. The summed E-state index contributed by atoms with van der Waals surface area (Å²) in [6.07, 6.45) is 4.10. The van der Waals surface area contributed by atoms with E-state index in [1.807, 2.05) is 6.92 Å². The molecule has 21 heavy (non-hydrogen) atoms. The zero-order valence-corrected chi connectivity index (χ0v) is 12.0. The number of anilines is 1. The Balaban J connectivity index is 2.32.